The summed E-state index contributed by atoms with van der Waals surface area (Å²) in [6.45, 7) is 2.15. The first-order chi connectivity index (χ1) is 20.7. The van der Waals surface area contributed by atoms with E-state index in [4.69, 9.17) is 25.8 Å². The van der Waals surface area contributed by atoms with Crippen molar-refractivity contribution in [2.75, 3.05) is 13.2 Å². The van der Waals surface area contributed by atoms with Crippen LogP contribution in [0, 0.1) is 0 Å². The molecule has 0 heterocycles. The standard InChI is InChI=1S/C38H35ClO3/c39-38(34-18-22-36(23-19-34)41-25-24-40-28-31-10-4-1-5-11-31)27-35(33-14-8-3-9-15-33)26-30-16-20-37(21-17-30)42-29-32-12-6-2-7-13-32/h1-23,26,38H,24-25,27-29H2. The molecule has 0 bridgehead atoms. The van der Waals surface area contributed by atoms with E-state index in [-0.39, 0.29) is 5.38 Å². The molecule has 0 radical (unpaired) electrons. The molecule has 4 heteroatoms. The summed E-state index contributed by atoms with van der Waals surface area (Å²) >= 11 is 6.98. The molecule has 42 heavy (non-hydrogen) atoms. The molecule has 5 rings (SSSR count). The van der Waals surface area contributed by atoms with Crippen LogP contribution >= 0.6 is 11.6 Å². The highest BCUT2D eigenvalue weighted by molar-refractivity contribution is 6.21. The maximum atomic E-state index is 6.98. The highest BCUT2D eigenvalue weighted by atomic mass is 35.5. The lowest BCUT2D eigenvalue weighted by molar-refractivity contribution is 0.0889. The van der Waals surface area contributed by atoms with Gasteiger partial charge in [0.05, 0.1) is 18.6 Å². The lowest BCUT2D eigenvalue weighted by Gasteiger charge is -2.15. The van der Waals surface area contributed by atoms with Gasteiger partial charge in [-0.25, -0.2) is 0 Å². The number of allylic oxidation sites excluding steroid dienone is 1. The van der Waals surface area contributed by atoms with Gasteiger partial charge in [0.2, 0.25) is 0 Å². The second-order valence-electron chi connectivity index (χ2n) is 10.0. The minimum Gasteiger partial charge on any atom is -0.491 e. The molecule has 0 spiro atoms. The van der Waals surface area contributed by atoms with Crippen LogP contribution in [0.5, 0.6) is 11.5 Å². The Morgan fingerprint density at radius 3 is 1.76 bits per heavy atom. The molecule has 0 aromatic heterocycles. The van der Waals surface area contributed by atoms with Crippen LogP contribution in [0.3, 0.4) is 0 Å². The SMILES string of the molecule is ClC(CC(=Cc1ccc(OCc2ccccc2)cc1)c1ccccc1)c1ccc(OCCOCc2ccccc2)cc1. The second kappa shape index (κ2) is 15.6. The minimum absolute atomic E-state index is 0.187. The molecule has 0 saturated carbocycles. The molecule has 0 N–H and O–H groups in total. The summed E-state index contributed by atoms with van der Waals surface area (Å²) in [6, 6.07) is 47.0. The summed E-state index contributed by atoms with van der Waals surface area (Å²) in [5.41, 5.74) is 6.78. The summed E-state index contributed by atoms with van der Waals surface area (Å²) in [4.78, 5) is 0. The first-order valence-electron chi connectivity index (χ1n) is 14.2. The van der Waals surface area contributed by atoms with E-state index < -0.39 is 0 Å². The number of benzene rings is 5. The first kappa shape index (κ1) is 29.2. The van der Waals surface area contributed by atoms with Crippen LogP contribution in [-0.4, -0.2) is 13.2 Å². The Bertz CT molecular complexity index is 1500. The molecule has 0 aliphatic heterocycles. The molecule has 0 saturated heterocycles. The molecule has 1 atom stereocenters. The largest absolute Gasteiger partial charge is 0.491 e. The predicted molar refractivity (Wildman–Crippen MR) is 173 cm³/mol. The highest BCUT2D eigenvalue weighted by Crippen LogP contribution is 2.34. The van der Waals surface area contributed by atoms with E-state index in [1.165, 1.54) is 5.57 Å². The van der Waals surface area contributed by atoms with Crippen molar-refractivity contribution in [1.29, 1.82) is 0 Å². The third-order valence-corrected chi connectivity index (χ3v) is 7.27. The Hall–Kier alpha value is -4.31. The summed E-state index contributed by atoms with van der Waals surface area (Å²) in [5.74, 6) is 1.65. The Labute approximate surface area is 254 Å². The van der Waals surface area contributed by atoms with Crippen molar-refractivity contribution in [3.63, 3.8) is 0 Å². The molecule has 0 amide bonds. The third kappa shape index (κ3) is 9.10. The molecule has 0 aliphatic carbocycles. The van der Waals surface area contributed by atoms with Crippen molar-refractivity contribution in [1.82, 2.24) is 0 Å². The number of ether oxygens (including phenoxy) is 3. The van der Waals surface area contributed by atoms with Gasteiger partial charge in [-0.2, -0.15) is 0 Å². The number of hydrogen-bond donors (Lipinski definition) is 0. The van der Waals surface area contributed by atoms with E-state index in [0.717, 1.165) is 39.3 Å². The molecule has 0 fully saturated rings. The second-order valence-corrected chi connectivity index (χ2v) is 10.5. The van der Waals surface area contributed by atoms with Gasteiger partial charge in [0.25, 0.3) is 0 Å². The maximum absolute atomic E-state index is 6.98. The topological polar surface area (TPSA) is 27.7 Å². The van der Waals surface area contributed by atoms with Crippen molar-refractivity contribution in [2.45, 2.75) is 25.0 Å². The van der Waals surface area contributed by atoms with Gasteiger partial charge in [0.1, 0.15) is 24.7 Å². The maximum Gasteiger partial charge on any atom is 0.119 e. The van der Waals surface area contributed by atoms with E-state index in [1.54, 1.807) is 0 Å². The van der Waals surface area contributed by atoms with Gasteiger partial charge >= 0.3 is 0 Å². The van der Waals surface area contributed by atoms with Crippen LogP contribution in [-0.2, 0) is 18.0 Å². The number of alkyl halides is 1. The lowest BCUT2D eigenvalue weighted by atomic mass is 9.96. The zero-order chi connectivity index (χ0) is 28.8. The smallest absolute Gasteiger partial charge is 0.119 e. The van der Waals surface area contributed by atoms with Crippen molar-refractivity contribution in [3.05, 3.63) is 167 Å². The Kier molecular flexibility index (Phi) is 10.9. The average molecular weight is 575 g/mol. The highest BCUT2D eigenvalue weighted by Gasteiger charge is 2.13. The van der Waals surface area contributed by atoms with Crippen LogP contribution < -0.4 is 9.47 Å². The van der Waals surface area contributed by atoms with Crippen LogP contribution in [0.4, 0.5) is 0 Å². The van der Waals surface area contributed by atoms with Gasteiger partial charge < -0.3 is 14.2 Å². The van der Waals surface area contributed by atoms with Gasteiger partial charge in [0.15, 0.2) is 0 Å². The van der Waals surface area contributed by atoms with Crippen molar-refractivity contribution >= 4 is 23.3 Å². The molecule has 5 aromatic rings. The van der Waals surface area contributed by atoms with E-state index >= 15 is 0 Å². The van der Waals surface area contributed by atoms with E-state index in [2.05, 4.69) is 66.7 Å². The molecular formula is C38H35ClO3. The summed E-state index contributed by atoms with van der Waals surface area (Å²) < 4.78 is 17.6. The fourth-order valence-electron chi connectivity index (χ4n) is 4.58. The predicted octanol–water partition coefficient (Wildman–Crippen LogP) is 9.77. The van der Waals surface area contributed by atoms with Crippen molar-refractivity contribution < 1.29 is 14.2 Å². The lowest BCUT2D eigenvalue weighted by Crippen LogP contribution is -2.06. The Balaban J connectivity index is 1.17. The normalized spacial score (nSPS) is 12.1. The summed E-state index contributed by atoms with van der Waals surface area (Å²) in [6.07, 6.45) is 2.89. The van der Waals surface area contributed by atoms with E-state index in [1.807, 2.05) is 78.9 Å². The molecule has 3 nitrogen and oxygen atoms in total. The zero-order valence-corrected chi connectivity index (χ0v) is 24.3. The van der Waals surface area contributed by atoms with E-state index in [0.29, 0.717) is 32.8 Å². The van der Waals surface area contributed by atoms with E-state index in [9.17, 15) is 0 Å². The quantitative estimate of drug-likeness (QED) is 0.0750. The molecular weight excluding hydrogens is 540 g/mol. The number of hydrogen-bond acceptors (Lipinski definition) is 3. The summed E-state index contributed by atoms with van der Waals surface area (Å²) in [5, 5.41) is -0.187. The summed E-state index contributed by atoms with van der Waals surface area (Å²) in [7, 11) is 0. The first-order valence-corrected chi connectivity index (χ1v) is 14.7. The fraction of sp³-hybridized carbons (Fsp3) is 0.158. The van der Waals surface area contributed by atoms with Gasteiger partial charge in [-0.1, -0.05) is 121 Å². The molecule has 0 aliphatic rings. The number of rotatable bonds is 14. The monoisotopic (exact) mass is 574 g/mol. The van der Waals surface area contributed by atoms with Gasteiger partial charge in [0, 0.05) is 0 Å². The van der Waals surface area contributed by atoms with Gasteiger partial charge in [-0.3, -0.25) is 0 Å². The average Bonchev–Trinajstić information content (AvgIpc) is 3.05. The fourth-order valence-corrected chi connectivity index (χ4v) is 4.89. The zero-order valence-electron chi connectivity index (χ0n) is 23.6. The number of halogens is 1. The van der Waals surface area contributed by atoms with Crippen LogP contribution in [0.2, 0.25) is 0 Å². The minimum atomic E-state index is -0.187. The van der Waals surface area contributed by atoms with Gasteiger partial charge in [-0.15, -0.1) is 11.6 Å². The Morgan fingerprint density at radius 2 is 1.12 bits per heavy atom. The van der Waals surface area contributed by atoms with Crippen molar-refractivity contribution in [3.8, 4) is 11.5 Å². The Morgan fingerprint density at radius 1 is 0.571 bits per heavy atom. The molecule has 1 unspecified atom stereocenters. The molecule has 212 valence electrons. The third-order valence-electron chi connectivity index (χ3n) is 6.86. The van der Waals surface area contributed by atoms with Gasteiger partial charge in [-0.05, 0) is 64.1 Å². The van der Waals surface area contributed by atoms with Crippen molar-refractivity contribution in [2.24, 2.45) is 0 Å². The van der Waals surface area contributed by atoms with Crippen LogP contribution in [0.1, 0.15) is 39.6 Å². The van der Waals surface area contributed by atoms with Crippen LogP contribution in [0.15, 0.2) is 140 Å². The molecule has 5 aromatic carbocycles. The van der Waals surface area contributed by atoms with Crippen LogP contribution in [0.25, 0.3) is 11.6 Å².